The third-order valence-electron chi connectivity index (χ3n) is 3.18. The molecule has 0 saturated carbocycles. The van der Waals surface area contributed by atoms with Gasteiger partial charge in [-0.2, -0.15) is 13.2 Å². The predicted molar refractivity (Wildman–Crippen MR) is 75.6 cm³/mol. The molecule has 1 heterocycles. The van der Waals surface area contributed by atoms with E-state index in [0.717, 1.165) is 27.7 Å². The van der Waals surface area contributed by atoms with Gasteiger partial charge in [-0.25, -0.2) is 4.98 Å². The average molecular weight is 313 g/mol. The van der Waals surface area contributed by atoms with Gasteiger partial charge < -0.3 is 0 Å². The first-order chi connectivity index (χ1) is 9.70. The quantitative estimate of drug-likeness (QED) is 0.835. The maximum Gasteiger partial charge on any atom is 0.416 e. The number of hydrogen-bond acceptors (Lipinski definition) is 3. The van der Waals surface area contributed by atoms with Gasteiger partial charge >= 0.3 is 6.18 Å². The van der Waals surface area contributed by atoms with E-state index in [1.165, 1.54) is 30.4 Å². The minimum absolute atomic E-state index is 0.110. The minimum Gasteiger partial charge on any atom is -0.299 e. The normalized spacial score (nSPS) is 13.2. The Morgan fingerprint density at radius 1 is 1.19 bits per heavy atom. The third-order valence-corrected chi connectivity index (χ3v) is 4.32. The van der Waals surface area contributed by atoms with Crippen LogP contribution in [0.3, 0.4) is 0 Å². The van der Waals surface area contributed by atoms with Crippen molar-refractivity contribution in [3.8, 4) is 0 Å². The summed E-state index contributed by atoms with van der Waals surface area (Å²) < 4.78 is 37.8. The molecule has 0 saturated heterocycles. The van der Waals surface area contributed by atoms with Crippen LogP contribution in [0.5, 0.6) is 0 Å². The molecule has 0 N–H and O–H groups in total. The molecule has 2 aromatic rings. The van der Waals surface area contributed by atoms with Crippen molar-refractivity contribution in [2.75, 3.05) is 0 Å². The monoisotopic (exact) mass is 313 g/mol. The summed E-state index contributed by atoms with van der Waals surface area (Å²) in [6.45, 7) is 5.08. The van der Waals surface area contributed by atoms with Crippen molar-refractivity contribution >= 4 is 17.1 Å². The summed E-state index contributed by atoms with van der Waals surface area (Å²) in [7, 11) is 0. The molecule has 0 aliphatic heterocycles. The van der Waals surface area contributed by atoms with Crippen molar-refractivity contribution in [3.05, 3.63) is 51.0 Å². The number of aromatic nitrogens is 1. The summed E-state index contributed by atoms with van der Waals surface area (Å²) in [5.74, 6) is -0.667. The number of Topliss-reactive ketones (excluding diaryl/α,β-unsaturated/α-hetero) is 1. The fraction of sp³-hybridized carbons (Fsp3) is 0.333. The molecule has 0 spiro atoms. The Labute approximate surface area is 124 Å². The number of alkyl halides is 3. The number of aryl methyl sites for hydroxylation is 2. The molecule has 0 fully saturated rings. The van der Waals surface area contributed by atoms with Gasteiger partial charge in [-0.15, -0.1) is 11.3 Å². The molecular weight excluding hydrogens is 299 g/mol. The Balaban J connectivity index is 2.45. The van der Waals surface area contributed by atoms with Gasteiger partial charge in [-0.05, 0) is 38.5 Å². The Morgan fingerprint density at radius 2 is 1.76 bits per heavy atom. The molecule has 0 bridgehead atoms. The van der Waals surface area contributed by atoms with Crippen LogP contribution in [0.25, 0.3) is 0 Å². The highest BCUT2D eigenvalue weighted by Crippen LogP contribution is 2.35. The number of nitrogens with zero attached hydrogens (tertiary/aromatic N) is 1. The fourth-order valence-electron chi connectivity index (χ4n) is 2.25. The van der Waals surface area contributed by atoms with Crippen molar-refractivity contribution < 1.29 is 18.0 Å². The van der Waals surface area contributed by atoms with Gasteiger partial charge in [0.05, 0.1) is 22.2 Å². The first-order valence-corrected chi connectivity index (χ1v) is 7.13. The second kappa shape index (κ2) is 5.60. The smallest absolute Gasteiger partial charge is 0.299 e. The van der Waals surface area contributed by atoms with Crippen molar-refractivity contribution in [1.29, 1.82) is 0 Å². The molecule has 21 heavy (non-hydrogen) atoms. The fourth-order valence-corrected chi connectivity index (χ4v) is 3.36. The number of thiazole rings is 1. The van der Waals surface area contributed by atoms with Crippen molar-refractivity contribution in [3.63, 3.8) is 0 Å². The first-order valence-electron chi connectivity index (χ1n) is 6.31. The number of carbonyl (C=O) groups is 1. The zero-order chi connectivity index (χ0) is 15.8. The topological polar surface area (TPSA) is 30.0 Å². The molecule has 1 unspecified atom stereocenters. The molecule has 1 atom stereocenters. The molecule has 112 valence electrons. The molecule has 0 aliphatic carbocycles. The van der Waals surface area contributed by atoms with Crippen LogP contribution in [-0.4, -0.2) is 10.8 Å². The molecule has 0 amide bonds. The summed E-state index contributed by atoms with van der Waals surface area (Å²) in [6, 6.07) is 4.75. The van der Waals surface area contributed by atoms with Gasteiger partial charge in [-0.3, -0.25) is 4.79 Å². The summed E-state index contributed by atoms with van der Waals surface area (Å²) in [4.78, 5) is 17.0. The van der Waals surface area contributed by atoms with Gasteiger partial charge in [0.25, 0.3) is 0 Å². The number of hydrogen-bond donors (Lipinski definition) is 0. The highest BCUT2D eigenvalue weighted by molar-refractivity contribution is 7.11. The molecule has 0 aliphatic rings. The lowest BCUT2D eigenvalue weighted by atomic mass is 9.92. The summed E-state index contributed by atoms with van der Waals surface area (Å²) in [5, 5.41) is 0.834. The predicted octanol–water partition coefficient (Wildman–Crippen LogP) is 4.50. The van der Waals surface area contributed by atoms with E-state index >= 15 is 0 Å². The second-order valence-corrected chi connectivity index (χ2v) is 6.08. The third kappa shape index (κ3) is 3.32. The summed E-state index contributed by atoms with van der Waals surface area (Å²) >= 11 is 1.40. The summed E-state index contributed by atoms with van der Waals surface area (Å²) in [5.41, 5.74) is 0.589. The van der Waals surface area contributed by atoms with Crippen molar-refractivity contribution in [2.45, 2.75) is 32.9 Å². The van der Waals surface area contributed by atoms with Gasteiger partial charge in [0, 0.05) is 4.88 Å². The largest absolute Gasteiger partial charge is 0.416 e. The van der Waals surface area contributed by atoms with Gasteiger partial charge in [0.1, 0.15) is 5.78 Å². The highest BCUT2D eigenvalue weighted by atomic mass is 32.1. The van der Waals surface area contributed by atoms with Crippen LogP contribution >= 0.6 is 11.3 Å². The number of benzene rings is 1. The minimum atomic E-state index is -4.37. The average Bonchev–Trinajstić information content (AvgIpc) is 2.68. The Morgan fingerprint density at radius 3 is 2.14 bits per heavy atom. The van der Waals surface area contributed by atoms with E-state index in [0.29, 0.717) is 5.56 Å². The number of ketones is 1. The van der Waals surface area contributed by atoms with Crippen LogP contribution in [0.2, 0.25) is 0 Å². The van der Waals surface area contributed by atoms with E-state index in [1.807, 2.05) is 6.92 Å². The number of rotatable bonds is 3. The molecule has 2 rings (SSSR count). The van der Waals surface area contributed by atoms with E-state index in [9.17, 15) is 18.0 Å². The van der Waals surface area contributed by atoms with E-state index in [-0.39, 0.29) is 5.78 Å². The number of carbonyl (C=O) groups excluding carboxylic acids is 1. The van der Waals surface area contributed by atoms with Crippen molar-refractivity contribution in [2.24, 2.45) is 0 Å². The van der Waals surface area contributed by atoms with Crippen LogP contribution in [0, 0.1) is 13.8 Å². The van der Waals surface area contributed by atoms with Gasteiger partial charge in [0.15, 0.2) is 0 Å². The second-order valence-electron chi connectivity index (χ2n) is 4.85. The standard InChI is InChI=1S/C15H14F3NOS/c1-8-14(21-10(3)19-8)13(9(2)20)11-4-6-12(7-5-11)15(16,17)18/h4-7,13H,1-3H3. The molecule has 1 aromatic carbocycles. The van der Waals surface area contributed by atoms with Crippen LogP contribution < -0.4 is 0 Å². The summed E-state index contributed by atoms with van der Waals surface area (Å²) in [6.07, 6.45) is -4.37. The molecule has 6 heteroatoms. The Bertz CT molecular complexity index is 659. The van der Waals surface area contributed by atoms with E-state index in [4.69, 9.17) is 0 Å². The Kier molecular flexibility index (Phi) is 4.18. The zero-order valence-electron chi connectivity index (χ0n) is 11.8. The number of halogens is 3. The van der Waals surface area contributed by atoms with Crippen molar-refractivity contribution in [1.82, 2.24) is 4.98 Å². The molecule has 2 nitrogen and oxygen atoms in total. The lowest BCUT2D eigenvalue weighted by Gasteiger charge is -2.14. The van der Waals surface area contributed by atoms with Crippen LogP contribution in [0.1, 0.15) is 39.5 Å². The maximum atomic E-state index is 12.6. The molecule has 1 aromatic heterocycles. The van der Waals surface area contributed by atoms with Gasteiger partial charge in [0.2, 0.25) is 0 Å². The lowest BCUT2D eigenvalue weighted by molar-refractivity contribution is -0.137. The van der Waals surface area contributed by atoms with Gasteiger partial charge in [-0.1, -0.05) is 12.1 Å². The van der Waals surface area contributed by atoms with Crippen LogP contribution in [0.4, 0.5) is 13.2 Å². The maximum absolute atomic E-state index is 12.6. The van der Waals surface area contributed by atoms with E-state index in [1.54, 1.807) is 6.92 Å². The van der Waals surface area contributed by atoms with Crippen LogP contribution in [-0.2, 0) is 11.0 Å². The Hall–Kier alpha value is -1.69. The SMILES string of the molecule is CC(=O)C(c1ccc(C(F)(F)F)cc1)c1sc(C)nc1C. The van der Waals surface area contributed by atoms with E-state index < -0.39 is 17.7 Å². The lowest BCUT2D eigenvalue weighted by Crippen LogP contribution is -2.11. The molecule has 0 radical (unpaired) electrons. The van der Waals surface area contributed by atoms with Crippen LogP contribution in [0.15, 0.2) is 24.3 Å². The van der Waals surface area contributed by atoms with E-state index in [2.05, 4.69) is 4.98 Å². The highest BCUT2D eigenvalue weighted by Gasteiger charge is 2.31. The zero-order valence-corrected chi connectivity index (χ0v) is 12.6. The first kappa shape index (κ1) is 15.7. The molecular formula is C15H14F3NOS.